The molecule has 0 unspecified atom stereocenters. The predicted octanol–water partition coefficient (Wildman–Crippen LogP) is 6.64. The number of rotatable bonds is 8. The second kappa shape index (κ2) is 11.0. The van der Waals surface area contributed by atoms with Crippen LogP contribution in [-0.2, 0) is 11.3 Å². The number of methoxy groups -OCH3 is 1. The van der Waals surface area contributed by atoms with Crippen LogP contribution in [0.5, 0.6) is 5.75 Å². The van der Waals surface area contributed by atoms with Crippen molar-refractivity contribution in [3.8, 4) is 16.9 Å². The molecule has 9 heteroatoms. The van der Waals surface area contributed by atoms with Gasteiger partial charge in [0, 0.05) is 20.5 Å². The SMILES string of the molecule is CCOC(=O)c1nnn(Cc2ccc(OC)cc2)c1Sc1ccc(-c2ccc(Cl)cc2)c(Cl)c1. The molecule has 6 nitrogen and oxygen atoms in total. The van der Waals surface area contributed by atoms with E-state index in [2.05, 4.69) is 10.3 Å². The lowest BCUT2D eigenvalue weighted by Crippen LogP contribution is -2.08. The monoisotopic (exact) mass is 513 g/mol. The van der Waals surface area contributed by atoms with Gasteiger partial charge in [0.1, 0.15) is 10.8 Å². The molecule has 0 saturated carbocycles. The largest absolute Gasteiger partial charge is 0.497 e. The molecule has 0 fully saturated rings. The summed E-state index contributed by atoms with van der Waals surface area (Å²) in [5, 5.41) is 10.1. The Balaban J connectivity index is 1.64. The Morgan fingerprint density at radius 3 is 2.41 bits per heavy atom. The van der Waals surface area contributed by atoms with E-state index in [9.17, 15) is 4.79 Å². The van der Waals surface area contributed by atoms with E-state index in [-0.39, 0.29) is 12.3 Å². The third-order valence-electron chi connectivity index (χ3n) is 4.96. The zero-order chi connectivity index (χ0) is 24.1. The maximum Gasteiger partial charge on any atom is 0.361 e. The van der Waals surface area contributed by atoms with Crippen molar-refractivity contribution >= 4 is 40.9 Å². The Labute approximate surface area is 211 Å². The molecule has 174 valence electrons. The molecule has 0 radical (unpaired) electrons. The Morgan fingerprint density at radius 1 is 1.03 bits per heavy atom. The fraction of sp³-hybridized carbons (Fsp3) is 0.160. The van der Waals surface area contributed by atoms with Gasteiger partial charge in [0.15, 0.2) is 0 Å². The Hall–Kier alpha value is -3.00. The molecule has 0 saturated heterocycles. The average molecular weight is 514 g/mol. The van der Waals surface area contributed by atoms with E-state index in [1.54, 1.807) is 18.7 Å². The fourth-order valence-corrected chi connectivity index (χ4v) is 4.72. The van der Waals surface area contributed by atoms with Crippen molar-refractivity contribution in [3.63, 3.8) is 0 Å². The molecule has 1 aromatic heterocycles. The Bertz CT molecular complexity index is 1290. The van der Waals surface area contributed by atoms with Crippen molar-refractivity contribution in [2.45, 2.75) is 23.4 Å². The molecule has 3 aromatic carbocycles. The van der Waals surface area contributed by atoms with Crippen molar-refractivity contribution in [1.29, 1.82) is 0 Å². The van der Waals surface area contributed by atoms with Crippen LogP contribution in [0.4, 0.5) is 0 Å². The molecule has 1 heterocycles. The van der Waals surface area contributed by atoms with Gasteiger partial charge in [-0.15, -0.1) is 5.10 Å². The van der Waals surface area contributed by atoms with Crippen molar-refractivity contribution < 1.29 is 14.3 Å². The summed E-state index contributed by atoms with van der Waals surface area (Å²) in [5.74, 6) is 0.245. The number of esters is 1. The number of carbonyl (C=O) groups excluding carboxylic acids is 1. The van der Waals surface area contributed by atoms with Gasteiger partial charge in [-0.05, 0) is 54.4 Å². The molecule has 0 aliphatic heterocycles. The van der Waals surface area contributed by atoms with Gasteiger partial charge in [0.2, 0.25) is 5.69 Å². The maximum atomic E-state index is 12.5. The van der Waals surface area contributed by atoms with Crippen LogP contribution in [0.1, 0.15) is 23.0 Å². The first-order valence-electron chi connectivity index (χ1n) is 10.5. The van der Waals surface area contributed by atoms with Crippen LogP contribution >= 0.6 is 35.0 Å². The minimum atomic E-state index is -0.519. The maximum absolute atomic E-state index is 12.5. The third-order valence-corrected chi connectivity index (χ3v) is 6.61. The number of benzene rings is 3. The molecule has 4 aromatic rings. The van der Waals surface area contributed by atoms with E-state index in [0.29, 0.717) is 21.6 Å². The van der Waals surface area contributed by atoms with Gasteiger partial charge < -0.3 is 9.47 Å². The minimum Gasteiger partial charge on any atom is -0.497 e. The summed E-state index contributed by atoms with van der Waals surface area (Å²) in [7, 11) is 1.62. The predicted molar refractivity (Wildman–Crippen MR) is 134 cm³/mol. The van der Waals surface area contributed by atoms with Gasteiger partial charge in [-0.3, -0.25) is 0 Å². The Morgan fingerprint density at radius 2 is 1.76 bits per heavy atom. The van der Waals surface area contributed by atoms with Crippen LogP contribution in [-0.4, -0.2) is 34.7 Å². The molecule has 0 aliphatic rings. The number of hydrogen-bond donors (Lipinski definition) is 0. The van der Waals surface area contributed by atoms with Crippen LogP contribution in [0.25, 0.3) is 11.1 Å². The number of nitrogens with zero attached hydrogens (tertiary/aromatic N) is 3. The molecule has 0 atom stereocenters. The zero-order valence-electron chi connectivity index (χ0n) is 18.5. The first kappa shape index (κ1) is 24.1. The first-order valence-corrected chi connectivity index (χ1v) is 12.0. The lowest BCUT2D eigenvalue weighted by molar-refractivity contribution is 0.0515. The van der Waals surface area contributed by atoms with Crippen LogP contribution in [0.2, 0.25) is 10.0 Å². The van der Waals surface area contributed by atoms with E-state index in [0.717, 1.165) is 27.3 Å². The quantitative estimate of drug-likeness (QED) is 0.246. The molecule has 4 rings (SSSR count). The van der Waals surface area contributed by atoms with E-state index >= 15 is 0 Å². The summed E-state index contributed by atoms with van der Waals surface area (Å²) in [6, 6.07) is 20.9. The highest BCUT2D eigenvalue weighted by Crippen LogP contribution is 2.36. The molecular weight excluding hydrogens is 493 g/mol. The highest BCUT2D eigenvalue weighted by atomic mass is 35.5. The second-order valence-corrected chi connectivity index (χ2v) is 9.13. The number of aromatic nitrogens is 3. The molecule has 0 N–H and O–H groups in total. The highest BCUT2D eigenvalue weighted by Gasteiger charge is 2.22. The molecular formula is C25H21Cl2N3O3S. The van der Waals surface area contributed by atoms with E-state index in [1.807, 2.05) is 66.7 Å². The van der Waals surface area contributed by atoms with Crippen LogP contribution in [0, 0.1) is 0 Å². The van der Waals surface area contributed by atoms with Gasteiger partial charge in [0.05, 0.1) is 20.3 Å². The standard InChI is InChI=1S/C25H21Cl2N3O3S/c1-3-33-25(31)23-24(30(29-28-23)15-16-4-10-19(32-2)11-5-16)34-20-12-13-21(22(27)14-20)17-6-8-18(26)9-7-17/h4-14H,3,15H2,1-2H3. The number of carbonyl (C=O) groups is 1. The number of ether oxygens (including phenoxy) is 2. The molecule has 34 heavy (non-hydrogen) atoms. The van der Waals surface area contributed by atoms with Crippen LogP contribution < -0.4 is 4.74 Å². The topological polar surface area (TPSA) is 66.2 Å². The van der Waals surface area contributed by atoms with Crippen molar-refractivity contribution in [1.82, 2.24) is 15.0 Å². The molecule has 0 aliphatic carbocycles. The normalized spacial score (nSPS) is 10.8. The van der Waals surface area contributed by atoms with Crippen LogP contribution in [0.15, 0.2) is 76.7 Å². The van der Waals surface area contributed by atoms with Crippen molar-refractivity contribution in [3.05, 3.63) is 88.0 Å². The summed E-state index contributed by atoms with van der Waals surface area (Å²) in [5.41, 5.74) is 3.00. The fourth-order valence-electron chi connectivity index (χ4n) is 3.27. The van der Waals surface area contributed by atoms with Gasteiger partial charge in [-0.2, -0.15) is 0 Å². The van der Waals surface area contributed by atoms with Gasteiger partial charge in [0.25, 0.3) is 0 Å². The van der Waals surface area contributed by atoms with Gasteiger partial charge >= 0.3 is 5.97 Å². The van der Waals surface area contributed by atoms with Gasteiger partial charge in [-0.1, -0.05) is 70.5 Å². The van der Waals surface area contributed by atoms with E-state index < -0.39 is 5.97 Å². The summed E-state index contributed by atoms with van der Waals surface area (Å²) < 4.78 is 12.1. The number of halogens is 2. The average Bonchev–Trinajstić information content (AvgIpc) is 3.22. The summed E-state index contributed by atoms with van der Waals surface area (Å²) in [6.07, 6.45) is 0. The molecule has 0 bridgehead atoms. The summed E-state index contributed by atoms with van der Waals surface area (Å²) >= 11 is 14.0. The first-order chi connectivity index (χ1) is 16.5. The number of hydrogen-bond acceptors (Lipinski definition) is 6. The second-order valence-electron chi connectivity index (χ2n) is 7.22. The third kappa shape index (κ3) is 5.55. The zero-order valence-corrected chi connectivity index (χ0v) is 20.8. The molecule has 0 amide bonds. The van der Waals surface area contributed by atoms with Crippen LogP contribution in [0.3, 0.4) is 0 Å². The molecule has 0 spiro atoms. The lowest BCUT2D eigenvalue weighted by atomic mass is 10.1. The lowest BCUT2D eigenvalue weighted by Gasteiger charge is -2.10. The highest BCUT2D eigenvalue weighted by molar-refractivity contribution is 7.99. The van der Waals surface area contributed by atoms with E-state index in [4.69, 9.17) is 32.7 Å². The van der Waals surface area contributed by atoms with Crippen molar-refractivity contribution in [2.24, 2.45) is 0 Å². The minimum absolute atomic E-state index is 0.165. The van der Waals surface area contributed by atoms with Gasteiger partial charge in [-0.25, -0.2) is 9.48 Å². The summed E-state index contributed by atoms with van der Waals surface area (Å²) in [6.45, 7) is 2.42. The summed E-state index contributed by atoms with van der Waals surface area (Å²) in [4.78, 5) is 13.4. The van der Waals surface area contributed by atoms with Crippen molar-refractivity contribution in [2.75, 3.05) is 13.7 Å². The van der Waals surface area contributed by atoms with E-state index in [1.165, 1.54) is 11.8 Å². The Kier molecular flexibility index (Phi) is 7.77. The smallest absolute Gasteiger partial charge is 0.361 e.